The van der Waals surface area contributed by atoms with Crippen molar-refractivity contribution in [1.29, 1.82) is 0 Å². The van der Waals surface area contributed by atoms with Gasteiger partial charge in [0.2, 0.25) is 0 Å². The summed E-state index contributed by atoms with van der Waals surface area (Å²) in [5.74, 6) is 0. The molecule has 0 spiro atoms. The fraction of sp³-hybridized carbons (Fsp3) is 0.0870. The van der Waals surface area contributed by atoms with E-state index in [0.29, 0.717) is 0 Å². The van der Waals surface area contributed by atoms with Crippen molar-refractivity contribution in [2.45, 2.75) is 13.0 Å². The van der Waals surface area contributed by atoms with Crippen LogP contribution in [0, 0.1) is 6.92 Å². The number of hydrogen-bond acceptors (Lipinski definition) is 1. The van der Waals surface area contributed by atoms with E-state index in [4.69, 9.17) is 0 Å². The van der Waals surface area contributed by atoms with E-state index in [9.17, 15) is 4.79 Å². The molecule has 3 nitrogen and oxygen atoms in total. The zero-order valence-corrected chi connectivity index (χ0v) is 14.5. The van der Waals surface area contributed by atoms with E-state index in [2.05, 4.69) is 25.1 Å². The van der Waals surface area contributed by atoms with E-state index in [-0.39, 0.29) is 12.1 Å². The largest absolute Gasteiger partial charge is 0.334 e. The number of aryl methyl sites for hydroxylation is 1. The highest BCUT2D eigenvalue weighted by Crippen LogP contribution is 2.43. The van der Waals surface area contributed by atoms with Gasteiger partial charge >= 0.3 is 6.03 Å². The SMILES string of the molecule is Cc1c2n(c3ccccc13)C(=O)N(c1ccccc1)C2c1ccccc1. The summed E-state index contributed by atoms with van der Waals surface area (Å²) in [5.41, 5.74) is 5.24. The quantitative estimate of drug-likeness (QED) is 0.472. The van der Waals surface area contributed by atoms with Crippen molar-refractivity contribution in [2.75, 3.05) is 4.90 Å². The average molecular weight is 338 g/mol. The molecule has 3 heteroatoms. The number of carbonyl (C=O) groups excluding carboxylic acids is 1. The summed E-state index contributed by atoms with van der Waals surface area (Å²) >= 11 is 0. The molecule has 1 aromatic heterocycles. The Hall–Kier alpha value is -3.33. The minimum Gasteiger partial charge on any atom is -0.281 e. The smallest absolute Gasteiger partial charge is 0.281 e. The number of benzene rings is 3. The highest BCUT2D eigenvalue weighted by atomic mass is 16.2. The van der Waals surface area contributed by atoms with Crippen LogP contribution in [0.25, 0.3) is 10.9 Å². The Kier molecular flexibility index (Phi) is 3.22. The minimum absolute atomic E-state index is 0.00403. The molecule has 126 valence electrons. The lowest BCUT2D eigenvalue weighted by Gasteiger charge is -2.25. The van der Waals surface area contributed by atoms with Crippen LogP contribution in [0.3, 0.4) is 0 Å². The predicted octanol–water partition coefficient (Wildman–Crippen LogP) is 5.53. The molecule has 0 N–H and O–H groups in total. The summed E-state index contributed by atoms with van der Waals surface area (Å²) in [6.45, 7) is 2.12. The molecule has 1 aliphatic heterocycles. The highest BCUT2D eigenvalue weighted by Gasteiger charge is 2.41. The third-order valence-corrected chi connectivity index (χ3v) is 5.24. The molecule has 1 aliphatic rings. The Balaban J connectivity index is 1.83. The normalized spacial score (nSPS) is 16.3. The molecular formula is C23H18N2O. The summed E-state index contributed by atoms with van der Waals surface area (Å²) < 4.78 is 1.88. The van der Waals surface area contributed by atoms with Gasteiger partial charge in [0, 0.05) is 11.1 Å². The van der Waals surface area contributed by atoms with Crippen LogP contribution in [-0.2, 0) is 0 Å². The van der Waals surface area contributed by atoms with E-state index in [1.165, 1.54) is 5.56 Å². The molecule has 3 aromatic carbocycles. The third kappa shape index (κ3) is 1.97. The maximum Gasteiger partial charge on any atom is 0.334 e. The number of hydrogen-bond donors (Lipinski definition) is 0. The summed E-state index contributed by atoms with van der Waals surface area (Å²) in [5, 5.41) is 1.14. The molecule has 0 saturated heterocycles. The van der Waals surface area contributed by atoms with Gasteiger partial charge in [0.15, 0.2) is 0 Å². The average Bonchev–Trinajstić information content (AvgIpc) is 3.17. The Morgan fingerprint density at radius 3 is 2.12 bits per heavy atom. The summed E-state index contributed by atoms with van der Waals surface area (Å²) in [4.78, 5) is 15.4. The Morgan fingerprint density at radius 1 is 0.769 bits per heavy atom. The van der Waals surface area contributed by atoms with Crippen molar-refractivity contribution in [2.24, 2.45) is 0 Å². The minimum atomic E-state index is -0.126. The zero-order chi connectivity index (χ0) is 17.7. The molecule has 1 amide bonds. The van der Waals surface area contributed by atoms with Gasteiger partial charge < -0.3 is 0 Å². The van der Waals surface area contributed by atoms with Gasteiger partial charge in [-0.05, 0) is 36.2 Å². The lowest BCUT2D eigenvalue weighted by molar-refractivity contribution is 0.251. The maximum atomic E-state index is 13.5. The molecule has 1 unspecified atom stereocenters. The third-order valence-electron chi connectivity index (χ3n) is 5.24. The van der Waals surface area contributed by atoms with Crippen molar-refractivity contribution in [1.82, 2.24) is 4.57 Å². The lowest BCUT2D eigenvalue weighted by atomic mass is 9.99. The van der Waals surface area contributed by atoms with Crippen LogP contribution >= 0.6 is 0 Å². The molecule has 0 fully saturated rings. The highest BCUT2D eigenvalue weighted by molar-refractivity contribution is 6.06. The Labute approximate surface area is 152 Å². The number of carbonyl (C=O) groups is 1. The van der Waals surface area contributed by atoms with Crippen LogP contribution in [0.4, 0.5) is 10.5 Å². The molecule has 4 aromatic rings. The number of amides is 1. The second kappa shape index (κ2) is 5.60. The van der Waals surface area contributed by atoms with E-state index >= 15 is 0 Å². The molecule has 0 bridgehead atoms. The van der Waals surface area contributed by atoms with Gasteiger partial charge in [0.25, 0.3) is 0 Å². The molecule has 0 radical (unpaired) electrons. The summed E-state index contributed by atoms with van der Waals surface area (Å²) in [6.07, 6.45) is 0. The summed E-state index contributed by atoms with van der Waals surface area (Å²) in [6, 6.07) is 28.2. The molecule has 1 atom stereocenters. The number of fused-ring (bicyclic) bond motifs is 3. The number of aromatic nitrogens is 1. The van der Waals surface area contributed by atoms with E-state index in [1.807, 2.05) is 76.2 Å². The predicted molar refractivity (Wildman–Crippen MR) is 105 cm³/mol. The maximum absolute atomic E-state index is 13.5. The molecular weight excluding hydrogens is 320 g/mol. The zero-order valence-electron chi connectivity index (χ0n) is 14.5. The molecule has 0 aliphatic carbocycles. The van der Waals surface area contributed by atoms with Gasteiger partial charge in [-0.1, -0.05) is 66.7 Å². The van der Waals surface area contributed by atoms with Crippen molar-refractivity contribution in [3.63, 3.8) is 0 Å². The molecule has 2 heterocycles. The first-order valence-electron chi connectivity index (χ1n) is 8.81. The van der Waals surface area contributed by atoms with E-state index < -0.39 is 0 Å². The van der Waals surface area contributed by atoms with Gasteiger partial charge in [-0.25, -0.2) is 4.79 Å². The van der Waals surface area contributed by atoms with Crippen molar-refractivity contribution >= 4 is 22.6 Å². The fourth-order valence-electron chi connectivity index (χ4n) is 4.09. The van der Waals surface area contributed by atoms with Gasteiger partial charge in [-0.3, -0.25) is 9.47 Å². The van der Waals surface area contributed by atoms with Crippen LogP contribution < -0.4 is 4.90 Å². The topological polar surface area (TPSA) is 25.2 Å². The number of rotatable bonds is 2. The Morgan fingerprint density at radius 2 is 1.38 bits per heavy atom. The number of para-hydroxylation sites is 2. The first kappa shape index (κ1) is 15.0. The van der Waals surface area contributed by atoms with Gasteiger partial charge in [-0.2, -0.15) is 0 Å². The number of nitrogens with zero attached hydrogens (tertiary/aromatic N) is 2. The van der Waals surface area contributed by atoms with Gasteiger partial charge in [0.05, 0.1) is 11.2 Å². The first-order chi connectivity index (χ1) is 12.8. The molecule has 0 saturated carbocycles. The second-order valence-corrected chi connectivity index (χ2v) is 6.66. The van der Waals surface area contributed by atoms with Crippen LogP contribution in [0.1, 0.15) is 22.9 Å². The fourth-order valence-corrected chi connectivity index (χ4v) is 4.09. The van der Waals surface area contributed by atoms with E-state index in [1.54, 1.807) is 0 Å². The summed E-state index contributed by atoms with van der Waals surface area (Å²) in [7, 11) is 0. The van der Waals surface area contributed by atoms with Gasteiger partial charge in [-0.15, -0.1) is 0 Å². The van der Waals surface area contributed by atoms with Crippen LogP contribution in [-0.4, -0.2) is 10.6 Å². The van der Waals surface area contributed by atoms with Gasteiger partial charge in [0.1, 0.15) is 6.04 Å². The van der Waals surface area contributed by atoms with Crippen LogP contribution in [0.5, 0.6) is 0 Å². The lowest BCUT2D eigenvalue weighted by Crippen LogP contribution is -2.30. The van der Waals surface area contributed by atoms with Crippen molar-refractivity contribution in [3.05, 3.63) is 102 Å². The standard InChI is InChI=1S/C23H18N2O/c1-16-19-14-8-9-15-20(19)25-21(16)22(17-10-4-2-5-11-17)24(23(25)26)18-12-6-3-7-13-18/h2-15,22H,1H3. The molecule has 5 rings (SSSR count). The monoisotopic (exact) mass is 338 g/mol. The molecule has 26 heavy (non-hydrogen) atoms. The second-order valence-electron chi connectivity index (χ2n) is 6.66. The van der Waals surface area contributed by atoms with E-state index in [0.717, 1.165) is 27.8 Å². The van der Waals surface area contributed by atoms with Crippen molar-refractivity contribution < 1.29 is 4.79 Å². The van der Waals surface area contributed by atoms with Crippen molar-refractivity contribution in [3.8, 4) is 0 Å². The van der Waals surface area contributed by atoms with Crippen LogP contribution in [0.2, 0.25) is 0 Å². The Bertz CT molecular complexity index is 1110. The number of anilines is 1. The van der Waals surface area contributed by atoms with Crippen LogP contribution in [0.15, 0.2) is 84.9 Å². The first-order valence-corrected chi connectivity index (χ1v) is 8.81.